The maximum atomic E-state index is 11.8. The van der Waals surface area contributed by atoms with E-state index in [0.29, 0.717) is 0 Å². The molecule has 60 valence electrons. The van der Waals surface area contributed by atoms with Crippen LogP contribution in [0, 0.1) is 0 Å². The first kappa shape index (κ1) is 8.10. The summed E-state index contributed by atoms with van der Waals surface area (Å²) in [5.74, 6) is 0. The topological polar surface area (TPSA) is 12.9 Å². The molecule has 1 rings (SSSR count). The lowest BCUT2D eigenvalue weighted by Gasteiger charge is -2.12. The summed E-state index contributed by atoms with van der Waals surface area (Å²) in [6.07, 6.45) is 1.84. The Morgan fingerprint density at radius 2 is 2.09 bits per heavy atom. The van der Waals surface area contributed by atoms with E-state index in [-0.39, 0.29) is 5.56 Å². The van der Waals surface area contributed by atoms with E-state index in [1.807, 2.05) is 0 Å². The Kier molecular flexibility index (Phi) is 2.17. The number of pyridine rings is 1. The molecule has 0 saturated heterocycles. The molecule has 1 nitrogen and oxygen atoms in total. The molecule has 0 aliphatic carbocycles. The van der Waals surface area contributed by atoms with Crippen LogP contribution >= 0.6 is 0 Å². The van der Waals surface area contributed by atoms with Gasteiger partial charge in [0.15, 0.2) is 0 Å². The Balaban J connectivity index is 2.66. The SMILES string of the molecule is F[B-](F)(F)Cc1cccnc1. The van der Waals surface area contributed by atoms with Crippen LogP contribution in [0.1, 0.15) is 5.56 Å². The van der Waals surface area contributed by atoms with Crippen molar-refractivity contribution in [3.63, 3.8) is 0 Å². The Labute approximate surface area is 62.3 Å². The fraction of sp³-hybridized carbons (Fsp3) is 0.167. The summed E-state index contributed by atoms with van der Waals surface area (Å²) in [6.45, 7) is -4.72. The maximum Gasteiger partial charge on any atom is 0.482 e. The minimum Gasteiger partial charge on any atom is -0.449 e. The molecule has 1 aromatic heterocycles. The number of hydrogen-bond donors (Lipinski definition) is 0. The Bertz CT molecular complexity index is 221. The van der Waals surface area contributed by atoms with Crippen molar-refractivity contribution < 1.29 is 12.9 Å². The van der Waals surface area contributed by atoms with Crippen molar-refractivity contribution in [1.29, 1.82) is 0 Å². The fourth-order valence-corrected chi connectivity index (χ4v) is 0.786. The highest BCUT2D eigenvalue weighted by atomic mass is 19.4. The van der Waals surface area contributed by atoms with Crippen molar-refractivity contribution in [3.8, 4) is 0 Å². The molecule has 0 unspecified atom stereocenters. The van der Waals surface area contributed by atoms with Gasteiger partial charge in [-0.1, -0.05) is 17.9 Å². The molecule has 0 spiro atoms. The summed E-state index contributed by atoms with van der Waals surface area (Å²) in [5, 5.41) is 0. The first-order valence-electron chi connectivity index (χ1n) is 3.18. The molecule has 0 radical (unpaired) electrons. The molecule has 1 heterocycles. The largest absolute Gasteiger partial charge is 0.482 e. The highest BCUT2D eigenvalue weighted by Gasteiger charge is 2.22. The van der Waals surface area contributed by atoms with Crippen LogP contribution in [0.25, 0.3) is 0 Å². The molecule has 0 aromatic carbocycles. The number of aromatic nitrogens is 1. The maximum absolute atomic E-state index is 11.8. The average molecular weight is 160 g/mol. The molecule has 0 atom stereocenters. The summed E-state index contributed by atoms with van der Waals surface area (Å²) in [6, 6.07) is 2.92. The summed E-state index contributed by atoms with van der Waals surface area (Å²) >= 11 is 0. The van der Waals surface area contributed by atoms with Gasteiger partial charge in [0, 0.05) is 12.4 Å². The van der Waals surface area contributed by atoms with E-state index in [4.69, 9.17) is 0 Å². The number of halogens is 3. The Morgan fingerprint density at radius 1 is 1.36 bits per heavy atom. The van der Waals surface area contributed by atoms with E-state index in [1.165, 1.54) is 24.5 Å². The van der Waals surface area contributed by atoms with Crippen molar-refractivity contribution in [2.24, 2.45) is 0 Å². The van der Waals surface area contributed by atoms with Gasteiger partial charge in [-0.2, -0.15) is 0 Å². The van der Waals surface area contributed by atoms with Gasteiger partial charge in [0.25, 0.3) is 0 Å². The van der Waals surface area contributed by atoms with Crippen LogP contribution < -0.4 is 0 Å². The predicted octanol–water partition coefficient (Wildman–Crippen LogP) is 2.01. The lowest BCUT2D eigenvalue weighted by atomic mass is 9.82. The normalized spacial score (nSPS) is 11.5. The zero-order valence-corrected chi connectivity index (χ0v) is 5.67. The second kappa shape index (κ2) is 2.94. The molecule has 5 heteroatoms. The van der Waals surface area contributed by atoms with Crippen LogP contribution in [0.5, 0.6) is 0 Å². The van der Waals surface area contributed by atoms with Gasteiger partial charge in [-0.15, -0.1) is 0 Å². The van der Waals surface area contributed by atoms with Crippen molar-refractivity contribution >= 4 is 6.98 Å². The highest BCUT2D eigenvalue weighted by molar-refractivity contribution is 6.57. The summed E-state index contributed by atoms with van der Waals surface area (Å²) in [7, 11) is 0. The van der Waals surface area contributed by atoms with E-state index >= 15 is 0 Å². The molecule has 0 aliphatic rings. The molecule has 0 amide bonds. The van der Waals surface area contributed by atoms with Crippen molar-refractivity contribution in [2.45, 2.75) is 6.32 Å². The monoisotopic (exact) mass is 160 g/mol. The van der Waals surface area contributed by atoms with Crippen LogP contribution in [-0.2, 0) is 6.32 Å². The standard InChI is InChI=1S/C6H6BF3N/c8-7(9,10)4-6-2-1-3-11-5-6/h1-3,5H,4H2/q-1. The minimum atomic E-state index is -4.72. The molecular weight excluding hydrogens is 154 g/mol. The van der Waals surface area contributed by atoms with Crippen molar-refractivity contribution in [3.05, 3.63) is 30.1 Å². The van der Waals surface area contributed by atoms with E-state index in [0.717, 1.165) is 0 Å². The van der Waals surface area contributed by atoms with Gasteiger partial charge in [-0.05, 0) is 6.07 Å². The zero-order valence-electron chi connectivity index (χ0n) is 5.67. The molecule has 0 fully saturated rings. The van der Waals surface area contributed by atoms with Gasteiger partial charge in [0.1, 0.15) is 0 Å². The third kappa shape index (κ3) is 3.07. The van der Waals surface area contributed by atoms with Crippen LogP contribution in [0.3, 0.4) is 0 Å². The van der Waals surface area contributed by atoms with Crippen molar-refractivity contribution in [2.75, 3.05) is 0 Å². The van der Waals surface area contributed by atoms with E-state index < -0.39 is 13.3 Å². The Morgan fingerprint density at radius 3 is 2.55 bits per heavy atom. The highest BCUT2D eigenvalue weighted by Crippen LogP contribution is 2.14. The molecule has 1 aromatic rings. The van der Waals surface area contributed by atoms with E-state index in [2.05, 4.69) is 4.98 Å². The fourth-order valence-electron chi connectivity index (χ4n) is 0.786. The lowest BCUT2D eigenvalue weighted by Crippen LogP contribution is -2.19. The molecule has 0 bridgehead atoms. The van der Waals surface area contributed by atoms with Gasteiger partial charge >= 0.3 is 6.98 Å². The molecule has 0 saturated carbocycles. The third-order valence-electron chi connectivity index (χ3n) is 1.19. The second-order valence-electron chi connectivity index (χ2n) is 2.28. The number of rotatable bonds is 2. The van der Waals surface area contributed by atoms with Crippen LogP contribution in [0.2, 0.25) is 0 Å². The minimum absolute atomic E-state index is 0.222. The van der Waals surface area contributed by atoms with Crippen LogP contribution in [-0.4, -0.2) is 12.0 Å². The number of nitrogens with zero attached hydrogens (tertiary/aromatic N) is 1. The van der Waals surface area contributed by atoms with Gasteiger partial charge in [-0.25, -0.2) is 0 Å². The average Bonchev–Trinajstić information content (AvgIpc) is 1.85. The molecule has 0 N–H and O–H groups in total. The smallest absolute Gasteiger partial charge is 0.449 e. The second-order valence-corrected chi connectivity index (χ2v) is 2.28. The first-order chi connectivity index (χ1) is 5.08. The third-order valence-corrected chi connectivity index (χ3v) is 1.19. The van der Waals surface area contributed by atoms with Crippen LogP contribution in [0.15, 0.2) is 24.5 Å². The number of hydrogen-bond acceptors (Lipinski definition) is 1. The predicted molar refractivity (Wildman–Crippen MR) is 37.0 cm³/mol. The van der Waals surface area contributed by atoms with E-state index in [9.17, 15) is 12.9 Å². The first-order valence-corrected chi connectivity index (χ1v) is 3.18. The zero-order chi connectivity index (χ0) is 8.32. The summed E-state index contributed by atoms with van der Waals surface area (Å²) < 4.78 is 35.3. The molecular formula is C6H6BF3N-. The Hall–Kier alpha value is -0.995. The van der Waals surface area contributed by atoms with Crippen LogP contribution in [0.4, 0.5) is 12.9 Å². The van der Waals surface area contributed by atoms with E-state index in [1.54, 1.807) is 0 Å². The van der Waals surface area contributed by atoms with Gasteiger partial charge in [0.2, 0.25) is 0 Å². The molecule has 11 heavy (non-hydrogen) atoms. The summed E-state index contributed by atoms with van der Waals surface area (Å²) in [4.78, 5) is 3.58. The summed E-state index contributed by atoms with van der Waals surface area (Å²) in [5.41, 5.74) is 0.222. The van der Waals surface area contributed by atoms with Gasteiger partial charge in [-0.3, -0.25) is 4.98 Å². The lowest BCUT2D eigenvalue weighted by molar-refractivity contribution is 0.468. The quantitative estimate of drug-likeness (QED) is 0.603. The van der Waals surface area contributed by atoms with Gasteiger partial charge < -0.3 is 12.9 Å². The van der Waals surface area contributed by atoms with Crippen molar-refractivity contribution in [1.82, 2.24) is 4.98 Å². The molecule has 0 aliphatic heterocycles. The van der Waals surface area contributed by atoms with Gasteiger partial charge in [0.05, 0.1) is 0 Å².